The van der Waals surface area contributed by atoms with E-state index in [0.717, 1.165) is 61.2 Å². The number of phenols is 1. The second-order valence-electron chi connectivity index (χ2n) is 20.0. The van der Waals surface area contributed by atoms with Gasteiger partial charge in [0.15, 0.2) is 11.0 Å². The number of ether oxygens (including phenoxy) is 2. The minimum absolute atomic E-state index is 0.0191. The summed E-state index contributed by atoms with van der Waals surface area (Å²) >= 11 is 0. The second kappa shape index (κ2) is 17.7. The Balaban J connectivity index is 1.06. The molecule has 10 heteroatoms. The van der Waals surface area contributed by atoms with E-state index in [0.29, 0.717) is 58.2 Å². The SMILES string of the molecule is CC1=CC(C)(C)N(C)c2cc3c(cc21)C(c1ccc(C#Cc2ccc(-c4c5ccc(=O)cc-5oc5cc(O)ccc45)c(C(=O)OCCCCCC(=O)[O-])c2)cc1)=c1cc2c(cc1O3)=[N+](C)C(C)(C)C=C2C. The van der Waals surface area contributed by atoms with Crippen LogP contribution >= 0.6 is 0 Å². The van der Waals surface area contributed by atoms with Crippen LogP contribution in [0.2, 0.25) is 0 Å². The minimum atomic E-state index is -1.12. The van der Waals surface area contributed by atoms with Crippen molar-refractivity contribution >= 4 is 45.3 Å². The Morgan fingerprint density at radius 3 is 2.27 bits per heavy atom. The summed E-state index contributed by atoms with van der Waals surface area (Å²) in [6.45, 7) is 13.3. The van der Waals surface area contributed by atoms with Crippen molar-refractivity contribution in [3.8, 4) is 51.5 Å². The summed E-state index contributed by atoms with van der Waals surface area (Å²) in [6.07, 6.45) is 6.00. The minimum Gasteiger partial charge on any atom is -0.550 e. The van der Waals surface area contributed by atoms with Crippen molar-refractivity contribution in [1.82, 2.24) is 4.58 Å². The summed E-state index contributed by atoms with van der Waals surface area (Å²) in [7, 11) is 4.27. The van der Waals surface area contributed by atoms with Crippen LogP contribution in [0.5, 0.6) is 17.2 Å². The molecule has 0 fully saturated rings. The van der Waals surface area contributed by atoms with Gasteiger partial charge in [-0.05, 0) is 142 Å². The number of hydrogen-bond acceptors (Lipinski definition) is 9. The zero-order valence-electron chi connectivity index (χ0n) is 41.2. The summed E-state index contributed by atoms with van der Waals surface area (Å²) in [4.78, 5) is 39.9. The van der Waals surface area contributed by atoms with E-state index in [1.54, 1.807) is 18.2 Å². The van der Waals surface area contributed by atoms with Gasteiger partial charge in [0.25, 0.3) is 0 Å². The third-order valence-corrected chi connectivity index (χ3v) is 14.4. The molecule has 0 saturated heterocycles. The monoisotopic (exact) mass is 942 g/mol. The Morgan fingerprint density at radius 2 is 1.49 bits per heavy atom. The van der Waals surface area contributed by atoms with Gasteiger partial charge in [-0.15, -0.1) is 0 Å². The molecule has 0 amide bonds. The molecule has 4 aliphatic heterocycles. The molecule has 1 N–H and O–H groups in total. The number of rotatable bonds is 9. The van der Waals surface area contributed by atoms with Crippen LogP contribution in [-0.2, 0) is 9.53 Å². The van der Waals surface area contributed by atoms with E-state index in [2.05, 4.69) is 126 Å². The molecule has 0 radical (unpaired) electrons. The van der Waals surface area contributed by atoms with Gasteiger partial charge in [-0.25, -0.2) is 9.37 Å². The van der Waals surface area contributed by atoms with E-state index in [1.807, 2.05) is 24.3 Å². The van der Waals surface area contributed by atoms with E-state index in [4.69, 9.17) is 13.9 Å². The Kier molecular flexibility index (Phi) is 11.6. The maximum atomic E-state index is 14.1. The number of fused-ring (bicyclic) bond motifs is 6. The summed E-state index contributed by atoms with van der Waals surface area (Å²) in [5.74, 6) is 6.78. The lowest BCUT2D eigenvalue weighted by Gasteiger charge is -2.41. The summed E-state index contributed by atoms with van der Waals surface area (Å²) in [5.41, 5.74) is 12.0. The number of aliphatic carboxylic acids is 1. The van der Waals surface area contributed by atoms with Crippen LogP contribution in [0.3, 0.4) is 0 Å². The number of likely N-dealkylation sites (N-methyl/N-ethyl adjacent to an activating group) is 2. The largest absolute Gasteiger partial charge is 0.550 e. The number of allylic oxidation sites excluding steroid dienone is 2. The number of benzene rings is 6. The van der Waals surface area contributed by atoms with Crippen LogP contribution in [-0.4, -0.2) is 48.8 Å². The molecule has 356 valence electrons. The van der Waals surface area contributed by atoms with Crippen LogP contribution in [0, 0.1) is 11.8 Å². The molecule has 0 spiro atoms. The Bertz CT molecular complexity index is 3710. The summed E-state index contributed by atoms with van der Waals surface area (Å²) in [6, 6.07) is 31.7. The van der Waals surface area contributed by atoms with Gasteiger partial charge in [-0.2, -0.15) is 0 Å². The molecule has 0 saturated carbocycles. The highest BCUT2D eigenvalue weighted by molar-refractivity contribution is 6.08. The van der Waals surface area contributed by atoms with E-state index in [-0.39, 0.29) is 40.8 Å². The molecule has 5 aliphatic rings. The van der Waals surface area contributed by atoms with E-state index in [1.165, 1.54) is 35.4 Å². The van der Waals surface area contributed by atoms with Crippen molar-refractivity contribution < 1.29 is 33.7 Å². The summed E-state index contributed by atoms with van der Waals surface area (Å²) in [5, 5.41) is 24.1. The molecule has 1 aliphatic carbocycles. The molecule has 0 aromatic heterocycles. The topological polar surface area (TPSA) is 132 Å². The van der Waals surface area contributed by atoms with Crippen molar-refractivity contribution in [1.29, 1.82) is 0 Å². The van der Waals surface area contributed by atoms with Crippen molar-refractivity contribution in [3.63, 3.8) is 0 Å². The van der Waals surface area contributed by atoms with Gasteiger partial charge in [-0.1, -0.05) is 36.1 Å². The fourth-order valence-corrected chi connectivity index (χ4v) is 10.3. The zero-order chi connectivity index (χ0) is 50.1. The average molecular weight is 943 g/mol. The van der Waals surface area contributed by atoms with Crippen LogP contribution in [0.15, 0.2) is 124 Å². The summed E-state index contributed by atoms with van der Waals surface area (Å²) < 4.78 is 21.1. The standard InChI is InChI=1S/C61H54N2O8/c1-35-33-60(3,4)62(7)50-31-54-48(29-45(35)50)57(49-30-46-36(2)34-61(5,6)63(8)51(46)32-55(49)71-54)39-18-15-37(16-19-39)13-14-38-17-22-42(47(26-38)59(68)69-25-11-9-10-12-56(66)67)58-43-23-20-40(64)27-52(43)70-53-28-41(65)21-24-44(53)58/h15-24,26-34H,9-12,25H2,1-8H3,(H-,64,65,66,67). The number of anilines is 1. The smallest absolute Gasteiger partial charge is 0.338 e. The third-order valence-electron chi connectivity index (χ3n) is 14.4. The number of unbranched alkanes of at least 4 members (excludes halogenated alkanes) is 2. The number of carboxylic acid groups (broad SMARTS) is 1. The van der Waals surface area contributed by atoms with E-state index < -0.39 is 11.9 Å². The number of carbonyl (C=O) groups excluding carboxylic acids is 2. The molecule has 0 atom stereocenters. The lowest BCUT2D eigenvalue weighted by molar-refractivity contribution is -0.305. The highest BCUT2D eigenvalue weighted by Gasteiger charge is 2.35. The first-order valence-corrected chi connectivity index (χ1v) is 24.0. The zero-order valence-corrected chi connectivity index (χ0v) is 41.2. The van der Waals surface area contributed by atoms with Crippen molar-refractivity contribution in [2.24, 2.45) is 0 Å². The van der Waals surface area contributed by atoms with Crippen LogP contribution in [0.1, 0.15) is 111 Å². The second-order valence-corrected chi connectivity index (χ2v) is 20.0. The van der Waals surface area contributed by atoms with E-state index in [9.17, 15) is 24.6 Å². The number of carbonyl (C=O) groups is 2. The first-order chi connectivity index (χ1) is 33.9. The quantitative estimate of drug-likeness (QED) is 0.0494. The van der Waals surface area contributed by atoms with E-state index >= 15 is 0 Å². The molecular formula is C61H54N2O8. The number of esters is 1. The molecule has 71 heavy (non-hydrogen) atoms. The molecule has 5 aromatic rings. The van der Waals surface area contributed by atoms with Crippen LogP contribution in [0.4, 0.5) is 5.69 Å². The van der Waals surface area contributed by atoms with Crippen molar-refractivity contribution in [2.45, 2.75) is 78.3 Å². The number of aromatic hydroxyl groups is 1. The molecule has 10 nitrogen and oxygen atoms in total. The fourth-order valence-electron chi connectivity index (χ4n) is 10.3. The fraction of sp³-hybridized carbons (Fsp3) is 0.246. The highest BCUT2D eigenvalue weighted by Crippen LogP contribution is 2.46. The molecule has 0 unspecified atom stereocenters. The number of nitrogens with zero attached hydrogens (tertiary/aromatic N) is 2. The van der Waals surface area contributed by atoms with Gasteiger partial charge < -0.3 is 33.8 Å². The Morgan fingerprint density at radius 1 is 0.761 bits per heavy atom. The maximum absolute atomic E-state index is 14.1. The van der Waals surface area contributed by atoms with Gasteiger partial charge in [0.05, 0.1) is 23.8 Å². The van der Waals surface area contributed by atoms with Gasteiger partial charge in [-0.3, -0.25) is 4.79 Å². The highest BCUT2D eigenvalue weighted by atomic mass is 16.5. The van der Waals surface area contributed by atoms with Crippen LogP contribution in [0.25, 0.3) is 50.1 Å². The number of hydrogen-bond donors (Lipinski definition) is 1. The first kappa shape index (κ1) is 46.6. The Hall–Kier alpha value is -8.16. The Labute approximate surface area is 412 Å². The maximum Gasteiger partial charge on any atom is 0.338 e. The van der Waals surface area contributed by atoms with Gasteiger partial charge in [0.1, 0.15) is 35.6 Å². The van der Waals surface area contributed by atoms with Crippen molar-refractivity contribution in [2.75, 3.05) is 25.6 Å². The molecule has 0 bridgehead atoms. The molecular weight excluding hydrogens is 889 g/mol. The van der Waals surface area contributed by atoms with Crippen LogP contribution < -0.4 is 35.3 Å². The van der Waals surface area contributed by atoms with Crippen molar-refractivity contribution in [3.05, 3.63) is 175 Å². The van der Waals surface area contributed by atoms with Gasteiger partial charge >= 0.3 is 5.97 Å². The lowest BCUT2D eigenvalue weighted by atomic mass is 9.84. The molecule has 5 aromatic carbocycles. The first-order valence-electron chi connectivity index (χ1n) is 24.0. The predicted molar refractivity (Wildman–Crippen MR) is 277 cm³/mol. The third kappa shape index (κ3) is 8.56. The average Bonchev–Trinajstić information content (AvgIpc) is 3.33. The number of phenolic OH excluding ortho intramolecular Hbond substituents is 1. The lowest BCUT2D eigenvalue weighted by Crippen LogP contribution is -2.47. The normalized spacial score (nSPS) is 15.1. The number of carboxylic acids is 1. The van der Waals surface area contributed by atoms with Gasteiger partial charge in [0, 0.05) is 106 Å². The molecule has 4 heterocycles. The van der Waals surface area contributed by atoms with Gasteiger partial charge in [0.2, 0.25) is 5.36 Å². The predicted octanol–water partition coefficient (Wildman–Crippen LogP) is 9.44. The molecule has 10 rings (SSSR count).